The first-order chi connectivity index (χ1) is 18.5. The maximum atomic E-state index is 13.3. The average molecular weight is 510 g/mol. The molecule has 0 radical (unpaired) electrons. The van der Waals surface area contributed by atoms with Crippen molar-refractivity contribution in [3.8, 4) is 16.9 Å². The molecule has 1 aliphatic heterocycles. The highest BCUT2D eigenvalue weighted by Crippen LogP contribution is 2.33. The van der Waals surface area contributed by atoms with Crippen molar-refractivity contribution in [2.75, 3.05) is 13.1 Å². The second-order valence-corrected chi connectivity index (χ2v) is 10.4. The summed E-state index contributed by atoms with van der Waals surface area (Å²) in [7, 11) is 0. The van der Waals surface area contributed by atoms with E-state index in [9.17, 15) is 14.7 Å². The lowest BCUT2D eigenvalue weighted by Gasteiger charge is -2.38. The second-order valence-electron chi connectivity index (χ2n) is 10.4. The predicted octanol–water partition coefficient (Wildman–Crippen LogP) is 2.89. The lowest BCUT2D eigenvalue weighted by molar-refractivity contribution is -0.137. The number of nitrogens with zero attached hydrogens (tertiary/aromatic N) is 6. The largest absolute Gasteiger partial charge is 0.388 e. The van der Waals surface area contributed by atoms with Gasteiger partial charge in [0.05, 0.1) is 40.8 Å². The minimum Gasteiger partial charge on any atom is -0.388 e. The Balaban J connectivity index is 1.11. The molecule has 2 fully saturated rings. The number of fused-ring (bicyclic) bond motifs is 2. The lowest BCUT2D eigenvalue weighted by atomic mass is 9.91. The van der Waals surface area contributed by atoms with Crippen molar-refractivity contribution in [2.45, 2.75) is 37.8 Å². The third-order valence-corrected chi connectivity index (χ3v) is 7.76. The molecule has 1 saturated heterocycles. The number of aliphatic hydroxyl groups is 1. The van der Waals surface area contributed by atoms with Crippen LogP contribution in [0.4, 0.5) is 0 Å². The molecule has 0 unspecified atom stereocenters. The fourth-order valence-corrected chi connectivity index (χ4v) is 5.33. The summed E-state index contributed by atoms with van der Waals surface area (Å²) in [5.74, 6) is 0.375. The van der Waals surface area contributed by atoms with E-state index in [1.54, 1.807) is 4.68 Å². The minimum absolute atomic E-state index is 0.137. The van der Waals surface area contributed by atoms with Crippen molar-refractivity contribution in [3.63, 3.8) is 0 Å². The van der Waals surface area contributed by atoms with Gasteiger partial charge in [0.25, 0.3) is 5.56 Å². The van der Waals surface area contributed by atoms with Crippen LogP contribution in [0.15, 0.2) is 66.0 Å². The highest BCUT2D eigenvalue weighted by atomic mass is 16.3. The van der Waals surface area contributed by atoms with Crippen LogP contribution in [0.3, 0.4) is 0 Å². The van der Waals surface area contributed by atoms with Gasteiger partial charge in [0.15, 0.2) is 5.65 Å². The van der Waals surface area contributed by atoms with Crippen LogP contribution in [0.5, 0.6) is 0 Å². The Kier molecular flexibility index (Phi) is 5.19. The second kappa shape index (κ2) is 8.63. The summed E-state index contributed by atoms with van der Waals surface area (Å²) in [6, 6.07) is 13.7. The van der Waals surface area contributed by atoms with Gasteiger partial charge in [-0.2, -0.15) is 5.10 Å². The number of pyridine rings is 1. The molecule has 4 aromatic heterocycles. The SMILES string of the molecule is O=C(C1CC1)N1CCC(O)(Cn2cnc3c(cnn3-c3ccc(-c4ccc5[nH]ccc5n4)cc3)c2=O)CC1. The van der Waals surface area contributed by atoms with E-state index in [0.29, 0.717) is 37.0 Å². The number of carbonyl (C=O) groups is 1. The van der Waals surface area contributed by atoms with Gasteiger partial charge in [-0.25, -0.2) is 14.6 Å². The van der Waals surface area contributed by atoms with E-state index < -0.39 is 5.60 Å². The molecule has 5 aromatic rings. The Morgan fingerprint density at radius 1 is 1.08 bits per heavy atom. The van der Waals surface area contributed by atoms with Crippen LogP contribution in [-0.4, -0.2) is 63.9 Å². The van der Waals surface area contributed by atoms with Crippen LogP contribution in [0.1, 0.15) is 25.7 Å². The smallest absolute Gasteiger partial charge is 0.264 e. The van der Waals surface area contributed by atoms with Crippen molar-refractivity contribution < 1.29 is 9.90 Å². The van der Waals surface area contributed by atoms with Gasteiger partial charge in [0.1, 0.15) is 11.7 Å². The standard InChI is InChI=1S/C28H27N7O3/c36-26(19-1-2-19)33-13-10-28(38,11-14-33)16-34-17-30-25-21(27(34)37)15-31-35(25)20-5-3-18(4-6-20)22-7-8-23-24(32-22)9-12-29-23/h3-9,12,15,17,19,29,38H,1-2,10-11,13-14,16H2. The number of hydrogen-bond acceptors (Lipinski definition) is 6. The van der Waals surface area contributed by atoms with E-state index in [-0.39, 0.29) is 23.9 Å². The molecule has 1 amide bonds. The van der Waals surface area contributed by atoms with Crippen LogP contribution < -0.4 is 5.56 Å². The third-order valence-electron chi connectivity index (χ3n) is 7.76. The molecule has 1 aromatic carbocycles. The summed E-state index contributed by atoms with van der Waals surface area (Å²) in [4.78, 5) is 39.8. The highest BCUT2D eigenvalue weighted by Gasteiger charge is 2.39. The number of H-pyrrole nitrogens is 1. The zero-order chi connectivity index (χ0) is 25.9. The molecule has 10 heteroatoms. The summed E-state index contributed by atoms with van der Waals surface area (Å²) in [5.41, 5.74) is 3.69. The predicted molar refractivity (Wildman–Crippen MR) is 142 cm³/mol. The summed E-state index contributed by atoms with van der Waals surface area (Å²) < 4.78 is 3.10. The van der Waals surface area contributed by atoms with Crippen molar-refractivity contribution in [2.24, 2.45) is 5.92 Å². The molecule has 1 saturated carbocycles. The van der Waals surface area contributed by atoms with Crippen molar-refractivity contribution in [1.29, 1.82) is 0 Å². The summed E-state index contributed by atoms with van der Waals surface area (Å²) in [6.07, 6.45) is 7.70. The molecule has 0 atom stereocenters. The molecule has 10 nitrogen and oxygen atoms in total. The van der Waals surface area contributed by atoms with E-state index in [2.05, 4.69) is 15.1 Å². The van der Waals surface area contributed by atoms with Crippen molar-refractivity contribution in [1.82, 2.24) is 34.2 Å². The van der Waals surface area contributed by atoms with Gasteiger partial charge < -0.3 is 15.0 Å². The number of amides is 1. The maximum absolute atomic E-state index is 13.3. The van der Waals surface area contributed by atoms with E-state index in [4.69, 9.17) is 4.98 Å². The highest BCUT2D eigenvalue weighted by molar-refractivity contribution is 5.81. The number of likely N-dealkylation sites (tertiary alicyclic amines) is 1. The third kappa shape index (κ3) is 3.97. The molecule has 5 heterocycles. The van der Waals surface area contributed by atoms with Crippen LogP contribution in [0, 0.1) is 5.92 Å². The topological polar surface area (TPSA) is 122 Å². The molecular weight excluding hydrogens is 482 g/mol. The number of rotatable bonds is 5. The monoisotopic (exact) mass is 509 g/mol. The lowest BCUT2D eigenvalue weighted by Crippen LogP contribution is -2.50. The normalized spacial score (nSPS) is 17.3. The number of nitrogens with one attached hydrogen (secondary N) is 1. The van der Waals surface area contributed by atoms with Gasteiger partial charge >= 0.3 is 0 Å². The molecule has 38 heavy (non-hydrogen) atoms. The van der Waals surface area contributed by atoms with Gasteiger partial charge in [-0.3, -0.25) is 14.2 Å². The molecule has 0 spiro atoms. The van der Waals surface area contributed by atoms with Gasteiger partial charge in [0, 0.05) is 30.8 Å². The number of aromatic nitrogens is 6. The van der Waals surface area contributed by atoms with Crippen LogP contribution in [0.25, 0.3) is 39.0 Å². The zero-order valence-electron chi connectivity index (χ0n) is 20.7. The average Bonchev–Trinajstić information content (AvgIpc) is 3.52. The first-order valence-corrected chi connectivity index (χ1v) is 13.0. The van der Waals surface area contributed by atoms with Crippen molar-refractivity contribution in [3.05, 3.63) is 71.5 Å². The summed E-state index contributed by atoms with van der Waals surface area (Å²) in [6.45, 7) is 1.16. The number of benzene rings is 1. The molecule has 7 rings (SSSR count). The Labute approximate surface area is 217 Å². The molecular formula is C28H27N7O3. The molecule has 2 N–H and O–H groups in total. The number of piperidine rings is 1. The Morgan fingerprint density at radius 3 is 2.63 bits per heavy atom. The van der Waals surface area contributed by atoms with Gasteiger partial charge in [0.2, 0.25) is 5.91 Å². The van der Waals surface area contributed by atoms with Crippen molar-refractivity contribution >= 4 is 28.0 Å². The van der Waals surface area contributed by atoms with E-state index in [1.165, 1.54) is 17.1 Å². The van der Waals surface area contributed by atoms with E-state index in [1.807, 2.05) is 53.6 Å². The quantitative estimate of drug-likeness (QED) is 0.376. The zero-order valence-corrected chi connectivity index (χ0v) is 20.7. The van der Waals surface area contributed by atoms with E-state index in [0.717, 1.165) is 40.8 Å². The molecule has 2 aliphatic rings. The molecule has 192 valence electrons. The first-order valence-electron chi connectivity index (χ1n) is 13.0. The minimum atomic E-state index is -1.05. The molecule has 0 bridgehead atoms. The molecule has 1 aliphatic carbocycles. The number of aromatic amines is 1. The summed E-state index contributed by atoms with van der Waals surface area (Å²) >= 11 is 0. The van der Waals surface area contributed by atoms with Crippen LogP contribution >= 0.6 is 0 Å². The Bertz CT molecular complexity index is 1720. The fraction of sp³-hybridized carbons (Fsp3) is 0.321. The first kappa shape index (κ1) is 22.9. The van der Waals surface area contributed by atoms with Gasteiger partial charge in [-0.1, -0.05) is 12.1 Å². The van der Waals surface area contributed by atoms with Gasteiger partial charge in [-0.15, -0.1) is 0 Å². The summed E-state index contributed by atoms with van der Waals surface area (Å²) in [5, 5.41) is 16.0. The number of hydrogen-bond donors (Lipinski definition) is 2. The van der Waals surface area contributed by atoms with Gasteiger partial charge in [-0.05, 0) is 56.0 Å². The Hall–Kier alpha value is -4.31. The van der Waals surface area contributed by atoms with Crippen LogP contribution in [-0.2, 0) is 11.3 Å². The van der Waals surface area contributed by atoms with Crippen LogP contribution in [0.2, 0.25) is 0 Å². The maximum Gasteiger partial charge on any atom is 0.264 e. The fourth-order valence-electron chi connectivity index (χ4n) is 5.33. The number of carbonyl (C=O) groups excluding carboxylic acids is 1. The Morgan fingerprint density at radius 2 is 1.87 bits per heavy atom. The van der Waals surface area contributed by atoms with E-state index >= 15 is 0 Å².